The number of hydrogen-bond donors (Lipinski definition) is 4. The molecule has 5 N–H and O–H groups in total. The molecule has 0 spiro atoms. The third-order valence-corrected chi connectivity index (χ3v) is 5.53. The third kappa shape index (κ3) is 6.21. The van der Waals surface area contributed by atoms with E-state index in [1.807, 2.05) is 24.3 Å². The van der Waals surface area contributed by atoms with Crippen molar-refractivity contribution in [2.45, 2.75) is 6.04 Å². The number of ether oxygens (including phenoxy) is 3. The number of nitrogens with two attached hydrogens (primary N) is 1. The van der Waals surface area contributed by atoms with Crippen molar-refractivity contribution >= 4 is 29.1 Å². The largest absolute Gasteiger partial charge is 0.493 e. The number of benzene rings is 3. The number of methoxy groups -OCH3 is 3. The number of para-hydroxylation sites is 1. The molecule has 0 aliphatic rings. The van der Waals surface area contributed by atoms with Crippen LogP contribution >= 0.6 is 11.6 Å². The summed E-state index contributed by atoms with van der Waals surface area (Å²) in [5, 5.41) is 6.71. The van der Waals surface area contributed by atoms with Crippen molar-refractivity contribution in [2.24, 2.45) is 5.84 Å². The number of carbonyl (C=O) groups excluding carboxylic acids is 2. The van der Waals surface area contributed by atoms with Gasteiger partial charge in [-0.1, -0.05) is 41.9 Å². The highest BCUT2D eigenvalue weighted by atomic mass is 35.5. The van der Waals surface area contributed by atoms with Crippen molar-refractivity contribution < 1.29 is 23.8 Å². The van der Waals surface area contributed by atoms with Gasteiger partial charge in [-0.05, 0) is 41.5 Å². The van der Waals surface area contributed by atoms with Crippen molar-refractivity contribution in [3.63, 3.8) is 0 Å². The Hall–Kier alpha value is -3.79. The Bertz CT molecular complexity index is 1160. The van der Waals surface area contributed by atoms with Gasteiger partial charge >= 0.3 is 0 Å². The molecule has 0 unspecified atom stereocenters. The van der Waals surface area contributed by atoms with Crippen molar-refractivity contribution in [1.82, 2.24) is 10.7 Å². The average Bonchev–Trinajstić information content (AvgIpc) is 2.89. The Balaban J connectivity index is 1.98. The van der Waals surface area contributed by atoms with Crippen molar-refractivity contribution in [3.8, 4) is 17.2 Å². The lowest BCUT2D eigenvalue weighted by atomic mass is 9.96. The number of amides is 2. The molecule has 0 aliphatic heterocycles. The molecule has 0 aliphatic carbocycles. The van der Waals surface area contributed by atoms with Crippen molar-refractivity contribution in [2.75, 3.05) is 33.2 Å². The quantitative estimate of drug-likeness (QED) is 0.192. The molecule has 0 bridgehead atoms. The summed E-state index contributed by atoms with van der Waals surface area (Å²) >= 11 is 6.06. The normalized spacial score (nSPS) is 11.3. The summed E-state index contributed by atoms with van der Waals surface area (Å²) in [5.41, 5.74) is 4.54. The summed E-state index contributed by atoms with van der Waals surface area (Å²) in [7, 11) is 4.45. The number of anilines is 1. The summed E-state index contributed by atoms with van der Waals surface area (Å²) in [4.78, 5) is 25.1. The lowest BCUT2D eigenvalue weighted by molar-refractivity contribution is -0.120. The smallest absolute Gasteiger partial charge is 0.255 e. The van der Waals surface area contributed by atoms with Crippen LogP contribution in [0.15, 0.2) is 60.7 Å². The molecule has 3 rings (SSSR count). The molecule has 0 aromatic heterocycles. The zero-order valence-corrected chi connectivity index (χ0v) is 20.3. The first-order valence-corrected chi connectivity index (χ1v) is 11.0. The highest BCUT2D eigenvalue weighted by Crippen LogP contribution is 2.38. The van der Waals surface area contributed by atoms with Crippen LogP contribution in [0.3, 0.4) is 0 Å². The standard InChI is InChI=1S/C25H27ClN4O5/c1-33-20-12-16(13-21(34-2)24(20)35-3)25(32)29-19-7-5-4-6-18(19)23(28-14-22(31)30-27)15-8-10-17(26)11-9-15/h4-13,23,28H,14,27H2,1-3H3,(H,29,32)(H,30,31)/t23-/m0/s1. The summed E-state index contributed by atoms with van der Waals surface area (Å²) in [6.45, 7) is -0.0427. The molecule has 0 saturated carbocycles. The van der Waals surface area contributed by atoms with E-state index < -0.39 is 6.04 Å². The van der Waals surface area contributed by atoms with Gasteiger partial charge in [0.1, 0.15) is 0 Å². The van der Waals surface area contributed by atoms with E-state index >= 15 is 0 Å². The molecule has 3 aromatic rings. The van der Waals surface area contributed by atoms with Crippen molar-refractivity contribution in [1.29, 1.82) is 0 Å². The second-order valence-corrected chi connectivity index (χ2v) is 7.82. The summed E-state index contributed by atoms with van der Waals surface area (Å²) in [5.74, 6) is 5.58. The van der Waals surface area contributed by atoms with Crippen LogP contribution in [-0.2, 0) is 4.79 Å². The Kier molecular flexibility index (Phi) is 8.91. The zero-order chi connectivity index (χ0) is 25.4. The topological polar surface area (TPSA) is 124 Å². The molecule has 0 saturated heterocycles. The third-order valence-electron chi connectivity index (χ3n) is 5.28. The van der Waals surface area contributed by atoms with Gasteiger partial charge in [0.15, 0.2) is 11.5 Å². The van der Waals surface area contributed by atoms with Gasteiger partial charge in [0.05, 0.1) is 33.9 Å². The van der Waals surface area contributed by atoms with E-state index in [1.54, 1.807) is 36.4 Å². The predicted octanol–water partition coefficient (Wildman–Crippen LogP) is 3.29. The molecule has 10 heteroatoms. The molecule has 184 valence electrons. The Morgan fingerprint density at radius 2 is 1.57 bits per heavy atom. The molecule has 3 aromatic carbocycles. The molecular formula is C25H27ClN4O5. The number of rotatable bonds is 10. The van der Waals surface area contributed by atoms with Crippen LogP contribution in [0.5, 0.6) is 17.2 Å². The van der Waals surface area contributed by atoms with Gasteiger partial charge in [-0.2, -0.15) is 0 Å². The maximum absolute atomic E-state index is 13.2. The predicted molar refractivity (Wildman–Crippen MR) is 134 cm³/mol. The minimum atomic E-state index is -0.444. The highest BCUT2D eigenvalue weighted by Gasteiger charge is 2.21. The van der Waals surface area contributed by atoms with E-state index in [1.165, 1.54) is 21.3 Å². The second-order valence-electron chi connectivity index (χ2n) is 7.39. The Labute approximate surface area is 208 Å². The fourth-order valence-corrected chi connectivity index (χ4v) is 3.70. The molecular weight excluding hydrogens is 472 g/mol. The van der Waals surface area contributed by atoms with E-state index in [0.717, 1.165) is 11.1 Å². The Morgan fingerprint density at radius 3 is 2.14 bits per heavy atom. The average molecular weight is 499 g/mol. The molecule has 9 nitrogen and oxygen atoms in total. The monoisotopic (exact) mass is 498 g/mol. The fraction of sp³-hybridized carbons (Fsp3) is 0.200. The minimum Gasteiger partial charge on any atom is -0.493 e. The molecule has 1 atom stereocenters. The number of hydrogen-bond acceptors (Lipinski definition) is 7. The van der Waals surface area contributed by atoms with Crippen LogP contribution in [0, 0.1) is 0 Å². The van der Waals surface area contributed by atoms with Crippen LogP contribution in [-0.4, -0.2) is 39.7 Å². The second kappa shape index (κ2) is 12.1. The molecule has 2 amide bonds. The maximum Gasteiger partial charge on any atom is 0.255 e. The zero-order valence-electron chi connectivity index (χ0n) is 19.6. The Morgan fingerprint density at radius 1 is 0.943 bits per heavy atom. The highest BCUT2D eigenvalue weighted by molar-refractivity contribution is 6.30. The molecule has 0 fully saturated rings. The first kappa shape index (κ1) is 25.8. The van der Waals surface area contributed by atoms with E-state index in [2.05, 4.69) is 16.1 Å². The number of halogens is 1. The lowest BCUT2D eigenvalue weighted by Gasteiger charge is -2.23. The molecule has 0 heterocycles. The van der Waals surface area contributed by atoms with Gasteiger partial charge in [-0.3, -0.25) is 20.3 Å². The molecule has 0 radical (unpaired) electrons. The fourth-order valence-electron chi connectivity index (χ4n) is 3.58. The van der Waals surface area contributed by atoms with E-state index in [-0.39, 0.29) is 18.4 Å². The van der Waals surface area contributed by atoms with Crippen LogP contribution < -0.4 is 36.1 Å². The SMILES string of the molecule is COc1cc(C(=O)Nc2ccccc2[C@@H](NCC(=O)NN)c2ccc(Cl)cc2)cc(OC)c1OC. The number of nitrogens with one attached hydrogen (secondary N) is 3. The summed E-state index contributed by atoms with van der Waals surface area (Å²) < 4.78 is 16.1. The van der Waals surface area contributed by atoms with E-state index in [4.69, 9.17) is 31.7 Å². The van der Waals surface area contributed by atoms with Gasteiger partial charge in [-0.25, -0.2) is 5.84 Å². The van der Waals surface area contributed by atoms with Crippen LogP contribution in [0.25, 0.3) is 0 Å². The maximum atomic E-state index is 13.2. The van der Waals surface area contributed by atoms with Gasteiger partial charge in [0.25, 0.3) is 5.91 Å². The van der Waals surface area contributed by atoms with Crippen LogP contribution in [0.1, 0.15) is 27.5 Å². The van der Waals surface area contributed by atoms with E-state index in [0.29, 0.717) is 33.5 Å². The number of hydrazine groups is 1. The van der Waals surface area contributed by atoms with Crippen molar-refractivity contribution in [3.05, 3.63) is 82.4 Å². The van der Waals surface area contributed by atoms with Crippen LogP contribution in [0.4, 0.5) is 5.69 Å². The number of carbonyl (C=O) groups is 2. The first-order chi connectivity index (χ1) is 16.9. The summed E-state index contributed by atoms with van der Waals surface area (Å²) in [6.07, 6.45) is 0. The minimum absolute atomic E-state index is 0.0427. The molecule has 35 heavy (non-hydrogen) atoms. The lowest BCUT2D eigenvalue weighted by Crippen LogP contribution is -2.39. The van der Waals surface area contributed by atoms with Gasteiger partial charge < -0.3 is 19.5 Å². The van der Waals surface area contributed by atoms with Gasteiger partial charge in [0.2, 0.25) is 11.7 Å². The van der Waals surface area contributed by atoms with Gasteiger partial charge in [-0.15, -0.1) is 0 Å². The van der Waals surface area contributed by atoms with Gasteiger partial charge in [0, 0.05) is 16.3 Å². The summed E-state index contributed by atoms with van der Waals surface area (Å²) in [6, 6.07) is 17.2. The van der Waals surface area contributed by atoms with Crippen LogP contribution in [0.2, 0.25) is 5.02 Å². The first-order valence-electron chi connectivity index (χ1n) is 10.6. The van der Waals surface area contributed by atoms with E-state index in [9.17, 15) is 9.59 Å².